The Bertz CT molecular complexity index is 252. The number of nitrogens with one attached hydrogen (secondary N) is 2. The Morgan fingerprint density at radius 3 is 2.69 bits per heavy atom. The van der Waals surface area contributed by atoms with E-state index in [1.807, 2.05) is 0 Å². The molecule has 5 heteroatoms. The Morgan fingerprint density at radius 1 is 1.44 bits per heavy atom. The van der Waals surface area contributed by atoms with E-state index in [1.54, 1.807) is 0 Å². The van der Waals surface area contributed by atoms with Crippen molar-refractivity contribution in [2.75, 3.05) is 6.54 Å². The Labute approximate surface area is 102 Å². The van der Waals surface area contributed by atoms with Crippen molar-refractivity contribution in [1.29, 1.82) is 0 Å². The molecule has 1 saturated carbocycles. The molecule has 4 atom stereocenters. The summed E-state index contributed by atoms with van der Waals surface area (Å²) in [5.41, 5.74) is 0. The van der Waals surface area contributed by atoms with Crippen LogP contribution in [0.2, 0.25) is 0 Å². The standard InChI is InChI=1S/C11H19FN2O.ClH/c1-7-3-2-4-9(7)14-11(15)10-5-8(12)6-13-10;/h7-10,13H,2-6H2,1H3,(H,14,15);1H/t7?,8-,9?,10+;/m0./s1. The van der Waals surface area contributed by atoms with Crippen molar-refractivity contribution < 1.29 is 9.18 Å². The molecule has 0 aromatic heterocycles. The summed E-state index contributed by atoms with van der Waals surface area (Å²) in [4.78, 5) is 11.8. The number of amides is 1. The number of alkyl halides is 1. The maximum atomic E-state index is 12.9. The van der Waals surface area contributed by atoms with Crippen molar-refractivity contribution in [2.45, 2.75) is 50.9 Å². The number of rotatable bonds is 2. The third-order valence-electron chi connectivity index (χ3n) is 3.58. The van der Waals surface area contributed by atoms with Crippen LogP contribution >= 0.6 is 12.4 Å². The molecular weight excluding hydrogens is 231 g/mol. The first-order valence-corrected chi connectivity index (χ1v) is 5.84. The number of hydrogen-bond acceptors (Lipinski definition) is 2. The molecule has 1 aliphatic heterocycles. The molecule has 3 nitrogen and oxygen atoms in total. The third-order valence-corrected chi connectivity index (χ3v) is 3.58. The quantitative estimate of drug-likeness (QED) is 0.778. The van der Waals surface area contributed by atoms with Gasteiger partial charge >= 0.3 is 0 Å². The van der Waals surface area contributed by atoms with Gasteiger partial charge in [0, 0.05) is 19.0 Å². The van der Waals surface area contributed by atoms with Crippen LogP contribution in [0.15, 0.2) is 0 Å². The SMILES string of the molecule is CC1CCCC1NC(=O)[C@H]1C[C@H](F)CN1.Cl. The normalized spacial score (nSPS) is 38.1. The highest BCUT2D eigenvalue weighted by Gasteiger charge is 2.32. The van der Waals surface area contributed by atoms with Gasteiger partial charge in [0.2, 0.25) is 5.91 Å². The van der Waals surface area contributed by atoms with Gasteiger partial charge < -0.3 is 10.6 Å². The lowest BCUT2D eigenvalue weighted by atomic mass is 10.1. The van der Waals surface area contributed by atoms with Crippen molar-refractivity contribution in [3.05, 3.63) is 0 Å². The fourth-order valence-corrected chi connectivity index (χ4v) is 2.54. The van der Waals surface area contributed by atoms with Gasteiger partial charge in [-0.2, -0.15) is 0 Å². The molecule has 0 radical (unpaired) electrons. The van der Waals surface area contributed by atoms with Gasteiger partial charge in [-0.3, -0.25) is 4.79 Å². The van der Waals surface area contributed by atoms with E-state index in [0.717, 1.165) is 6.42 Å². The maximum absolute atomic E-state index is 12.9. The number of carbonyl (C=O) groups excluding carboxylic acids is 1. The highest BCUT2D eigenvalue weighted by atomic mass is 35.5. The van der Waals surface area contributed by atoms with E-state index < -0.39 is 6.17 Å². The molecule has 1 aliphatic carbocycles. The lowest BCUT2D eigenvalue weighted by molar-refractivity contribution is -0.123. The first kappa shape index (κ1) is 13.7. The van der Waals surface area contributed by atoms with Crippen molar-refractivity contribution >= 4 is 18.3 Å². The largest absolute Gasteiger partial charge is 0.352 e. The molecule has 2 N–H and O–H groups in total. The summed E-state index contributed by atoms with van der Waals surface area (Å²) < 4.78 is 12.9. The molecule has 0 aromatic carbocycles. The van der Waals surface area contributed by atoms with Crippen molar-refractivity contribution in [2.24, 2.45) is 5.92 Å². The van der Waals surface area contributed by atoms with Gasteiger partial charge in [0.25, 0.3) is 0 Å². The molecule has 2 fully saturated rings. The van der Waals surface area contributed by atoms with Gasteiger partial charge in [0.15, 0.2) is 0 Å². The molecule has 0 spiro atoms. The summed E-state index contributed by atoms with van der Waals surface area (Å²) in [5, 5.41) is 5.93. The summed E-state index contributed by atoms with van der Waals surface area (Å²) in [5.74, 6) is 0.547. The van der Waals surface area contributed by atoms with Crippen LogP contribution in [0.1, 0.15) is 32.6 Å². The van der Waals surface area contributed by atoms with Gasteiger partial charge in [0.1, 0.15) is 6.17 Å². The lowest BCUT2D eigenvalue weighted by Gasteiger charge is -2.19. The molecular formula is C11H20ClFN2O. The van der Waals surface area contributed by atoms with Crippen LogP contribution in [-0.2, 0) is 4.79 Å². The zero-order valence-corrected chi connectivity index (χ0v) is 10.4. The minimum atomic E-state index is -0.859. The Hall–Kier alpha value is -0.350. The fourth-order valence-electron chi connectivity index (χ4n) is 2.54. The second-order valence-corrected chi connectivity index (χ2v) is 4.82. The van der Waals surface area contributed by atoms with Crippen LogP contribution in [0.25, 0.3) is 0 Å². The van der Waals surface area contributed by atoms with Crippen LogP contribution in [0.4, 0.5) is 4.39 Å². The zero-order chi connectivity index (χ0) is 10.8. The Kier molecular flexibility index (Phi) is 4.99. The first-order chi connectivity index (χ1) is 7.16. The molecule has 2 rings (SSSR count). The van der Waals surface area contributed by atoms with Gasteiger partial charge in [-0.15, -0.1) is 12.4 Å². The van der Waals surface area contributed by atoms with E-state index in [2.05, 4.69) is 17.6 Å². The molecule has 1 saturated heterocycles. The minimum Gasteiger partial charge on any atom is -0.352 e. The second kappa shape index (κ2) is 5.82. The number of halogens is 2. The molecule has 2 unspecified atom stereocenters. The molecule has 0 aromatic rings. The highest BCUT2D eigenvalue weighted by molar-refractivity contribution is 5.85. The smallest absolute Gasteiger partial charge is 0.237 e. The van der Waals surface area contributed by atoms with E-state index in [-0.39, 0.29) is 24.4 Å². The zero-order valence-electron chi connectivity index (χ0n) is 9.54. The van der Waals surface area contributed by atoms with Gasteiger partial charge in [-0.25, -0.2) is 4.39 Å². The first-order valence-electron chi connectivity index (χ1n) is 5.84. The number of carbonyl (C=O) groups is 1. The summed E-state index contributed by atoms with van der Waals surface area (Å²) in [7, 11) is 0. The van der Waals surface area contributed by atoms with Crippen LogP contribution in [0.3, 0.4) is 0 Å². The van der Waals surface area contributed by atoms with E-state index in [1.165, 1.54) is 12.8 Å². The summed E-state index contributed by atoms with van der Waals surface area (Å²) in [6, 6.07) is -0.00855. The van der Waals surface area contributed by atoms with Gasteiger partial charge in [0.05, 0.1) is 6.04 Å². The van der Waals surface area contributed by atoms with Crippen LogP contribution in [-0.4, -0.2) is 30.7 Å². The summed E-state index contributed by atoms with van der Waals surface area (Å²) >= 11 is 0. The fraction of sp³-hybridized carbons (Fsp3) is 0.909. The summed E-state index contributed by atoms with van der Waals surface area (Å²) in [6.45, 7) is 2.48. The Morgan fingerprint density at radius 2 is 2.19 bits per heavy atom. The molecule has 94 valence electrons. The Balaban J connectivity index is 0.00000128. The van der Waals surface area contributed by atoms with Crippen LogP contribution in [0, 0.1) is 5.92 Å². The van der Waals surface area contributed by atoms with Crippen molar-refractivity contribution in [3.63, 3.8) is 0 Å². The predicted molar refractivity (Wildman–Crippen MR) is 63.5 cm³/mol. The third kappa shape index (κ3) is 3.08. The minimum absolute atomic E-state index is 0. The molecule has 16 heavy (non-hydrogen) atoms. The van der Waals surface area contributed by atoms with Crippen molar-refractivity contribution in [1.82, 2.24) is 10.6 Å². The molecule has 1 amide bonds. The van der Waals surface area contributed by atoms with Crippen molar-refractivity contribution in [3.8, 4) is 0 Å². The van der Waals surface area contributed by atoms with E-state index >= 15 is 0 Å². The molecule has 0 bridgehead atoms. The van der Waals surface area contributed by atoms with E-state index in [0.29, 0.717) is 24.9 Å². The van der Waals surface area contributed by atoms with Gasteiger partial charge in [-0.1, -0.05) is 13.3 Å². The predicted octanol–water partition coefficient (Wildman–Crippen LogP) is 1.41. The second-order valence-electron chi connectivity index (χ2n) is 4.82. The average molecular weight is 251 g/mol. The molecule has 1 heterocycles. The average Bonchev–Trinajstić information content (AvgIpc) is 2.77. The topological polar surface area (TPSA) is 41.1 Å². The highest BCUT2D eigenvalue weighted by Crippen LogP contribution is 2.25. The summed E-state index contributed by atoms with van der Waals surface area (Å²) in [6.07, 6.45) is 2.91. The monoisotopic (exact) mass is 250 g/mol. The lowest BCUT2D eigenvalue weighted by Crippen LogP contribution is -2.46. The van der Waals surface area contributed by atoms with E-state index in [4.69, 9.17) is 0 Å². The maximum Gasteiger partial charge on any atom is 0.237 e. The van der Waals surface area contributed by atoms with E-state index in [9.17, 15) is 9.18 Å². The van der Waals surface area contributed by atoms with Crippen LogP contribution in [0.5, 0.6) is 0 Å². The van der Waals surface area contributed by atoms with Crippen LogP contribution < -0.4 is 10.6 Å². The molecule has 2 aliphatic rings. The number of hydrogen-bond donors (Lipinski definition) is 2. The van der Waals surface area contributed by atoms with Gasteiger partial charge in [-0.05, 0) is 18.8 Å².